The van der Waals surface area contributed by atoms with Gasteiger partial charge in [0.05, 0.1) is 6.61 Å². The lowest BCUT2D eigenvalue weighted by Crippen LogP contribution is -2.09. The van der Waals surface area contributed by atoms with Gasteiger partial charge in [-0.1, -0.05) is 43.9 Å². The second-order valence-corrected chi connectivity index (χ2v) is 9.28. The lowest BCUT2D eigenvalue weighted by molar-refractivity contribution is 0.221. The monoisotopic (exact) mass is 371 g/mol. The Kier molecular flexibility index (Phi) is 5.76. The highest BCUT2D eigenvalue weighted by Gasteiger charge is 2.22. The number of anilines is 1. The molecule has 0 aromatic carbocycles. The molecule has 2 aromatic rings. The number of aromatic amines is 1. The van der Waals surface area contributed by atoms with Gasteiger partial charge in [-0.25, -0.2) is 15.0 Å². The summed E-state index contributed by atoms with van der Waals surface area (Å²) in [6, 6.07) is 0. The summed E-state index contributed by atoms with van der Waals surface area (Å²) in [5.74, 6) is 0.929. The highest BCUT2D eigenvalue weighted by atomic mass is 32.2. The van der Waals surface area contributed by atoms with E-state index in [-0.39, 0.29) is 5.49 Å². The summed E-state index contributed by atoms with van der Waals surface area (Å²) >= 11 is 1.12. The normalized spacial score (nSPS) is 18.7. The van der Waals surface area contributed by atoms with E-state index in [0.29, 0.717) is 34.7 Å². The van der Waals surface area contributed by atoms with Gasteiger partial charge in [-0.3, -0.25) is 4.57 Å². The molecule has 10 heteroatoms. The van der Waals surface area contributed by atoms with E-state index < -0.39 is 7.60 Å². The fourth-order valence-corrected chi connectivity index (χ4v) is 5.07. The summed E-state index contributed by atoms with van der Waals surface area (Å²) in [6.07, 6.45) is 8.42. The van der Waals surface area contributed by atoms with Crippen molar-refractivity contribution >= 4 is 36.3 Å². The lowest BCUT2D eigenvalue weighted by Gasteiger charge is -2.21. The number of hydrogen-bond acceptors (Lipinski definition) is 7. The molecular weight excluding hydrogens is 349 g/mol. The first kappa shape index (κ1) is 17.7. The van der Waals surface area contributed by atoms with Crippen molar-refractivity contribution in [3.63, 3.8) is 0 Å². The average Bonchev–Trinajstić information content (AvgIpc) is 2.99. The van der Waals surface area contributed by atoms with E-state index >= 15 is 0 Å². The van der Waals surface area contributed by atoms with Crippen molar-refractivity contribution in [1.29, 1.82) is 0 Å². The van der Waals surface area contributed by atoms with Crippen LogP contribution in [0.5, 0.6) is 0 Å². The number of hydrogen-bond donors (Lipinski definition) is 3. The molecule has 0 spiro atoms. The molecule has 0 amide bonds. The van der Waals surface area contributed by atoms with Crippen molar-refractivity contribution in [1.82, 2.24) is 19.9 Å². The van der Waals surface area contributed by atoms with Gasteiger partial charge in [0.25, 0.3) is 0 Å². The van der Waals surface area contributed by atoms with Gasteiger partial charge in [-0.05, 0) is 12.3 Å². The molecular formula is C14H22N5O3PS. The molecule has 1 unspecified atom stereocenters. The number of imidazole rings is 1. The highest BCUT2D eigenvalue weighted by Crippen LogP contribution is 2.47. The summed E-state index contributed by atoms with van der Waals surface area (Å²) in [5, 5.41) is 0.474. The summed E-state index contributed by atoms with van der Waals surface area (Å²) in [5.41, 5.74) is 6.64. The number of H-pyrrole nitrogens is 1. The summed E-state index contributed by atoms with van der Waals surface area (Å²) in [4.78, 5) is 25.0. The molecule has 1 saturated carbocycles. The molecule has 0 radical (unpaired) electrons. The van der Waals surface area contributed by atoms with E-state index in [1.54, 1.807) is 0 Å². The number of nitrogens with one attached hydrogen (secondary N) is 1. The van der Waals surface area contributed by atoms with E-state index in [9.17, 15) is 9.46 Å². The third-order valence-electron chi connectivity index (χ3n) is 4.20. The van der Waals surface area contributed by atoms with Crippen molar-refractivity contribution in [2.24, 2.45) is 5.92 Å². The van der Waals surface area contributed by atoms with Gasteiger partial charge in [0, 0.05) is 0 Å². The molecule has 1 aliphatic carbocycles. The molecule has 0 bridgehead atoms. The second-order valence-electron chi connectivity index (χ2n) is 6.04. The zero-order valence-electron chi connectivity index (χ0n) is 13.3. The third kappa shape index (κ3) is 4.69. The predicted molar refractivity (Wildman–Crippen MR) is 93.8 cm³/mol. The van der Waals surface area contributed by atoms with Crippen LogP contribution < -0.4 is 5.73 Å². The van der Waals surface area contributed by atoms with E-state index in [0.717, 1.165) is 18.2 Å². The van der Waals surface area contributed by atoms with Gasteiger partial charge >= 0.3 is 7.60 Å². The Morgan fingerprint density at radius 3 is 2.92 bits per heavy atom. The minimum absolute atomic E-state index is 0.0647. The number of aromatic nitrogens is 4. The zero-order valence-corrected chi connectivity index (χ0v) is 15.1. The molecule has 2 heterocycles. The minimum atomic E-state index is -3.64. The van der Waals surface area contributed by atoms with Gasteiger partial charge in [-0.2, -0.15) is 0 Å². The Morgan fingerprint density at radius 2 is 2.17 bits per heavy atom. The molecule has 24 heavy (non-hydrogen) atoms. The lowest BCUT2D eigenvalue weighted by atomic mass is 9.87. The maximum Gasteiger partial charge on any atom is 0.338 e. The Morgan fingerprint density at radius 1 is 1.38 bits per heavy atom. The van der Waals surface area contributed by atoms with E-state index in [2.05, 4.69) is 19.9 Å². The number of fused-ring (bicyclic) bond motifs is 1. The average molecular weight is 371 g/mol. The predicted octanol–water partition coefficient (Wildman–Crippen LogP) is 3.16. The van der Waals surface area contributed by atoms with Crippen LogP contribution in [0.25, 0.3) is 11.2 Å². The number of thioether (sulfide) groups is 1. The van der Waals surface area contributed by atoms with Crippen molar-refractivity contribution in [2.45, 2.75) is 43.7 Å². The molecule has 3 rings (SSSR count). The van der Waals surface area contributed by atoms with Crippen molar-refractivity contribution in [3.05, 3.63) is 6.33 Å². The molecule has 2 aromatic heterocycles. The van der Waals surface area contributed by atoms with E-state index in [1.807, 2.05) is 0 Å². The summed E-state index contributed by atoms with van der Waals surface area (Å²) in [7, 11) is -3.64. The molecule has 1 fully saturated rings. The fraction of sp³-hybridized carbons (Fsp3) is 0.643. The van der Waals surface area contributed by atoms with Crippen LogP contribution in [-0.2, 0) is 9.09 Å². The van der Waals surface area contributed by atoms with Crippen LogP contribution in [0.4, 0.5) is 5.82 Å². The van der Waals surface area contributed by atoms with Crippen LogP contribution in [0.15, 0.2) is 11.5 Å². The Labute approximate surface area is 144 Å². The second kappa shape index (κ2) is 7.82. The summed E-state index contributed by atoms with van der Waals surface area (Å²) in [6.45, 7) is 0.331. The molecule has 0 aliphatic heterocycles. The van der Waals surface area contributed by atoms with Gasteiger partial charge in [-0.15, -0.1) is 0 Å². The topological polar surface area (TPSA) is 127 Å². The maximum atomic E-state index is 12.1. The van der Waals surface area contributed by atoms with Crippen LogP contribution >= 0.6 is 19.4 Å². The fourth-order valence-electron chi connectivity index (χ4n) is 2.91. The van der Waals surface area contributed by atoms with Crippen LogP contribution in [-0.4, -0.2) is 36.9 Å². The first-order chi connectivity index (χ1) is 11.5. The van der Waals surface area contributed by atoms with Crippen LogP contribution in [0.3, 0.4) is 0 Å². The Hall–Kier alpha value is -1.15. The zero-order chi connectivity index (χ0) is 17.0. The van der Waals surface area contributed by atoms with Crippen molar-refractivity contribution in [3.8, 4) is 0 Å². The third-order valence-corrected chi connectivity index (χ3v) is 7.08. The van der Waals surface area contributed by atoms with E-state index in [4.69, 9.17) is 10.3 Å². The first-order valence-electron chi connectivity index (χ1n) is 8.09. The van der Waals surface area contributed by atoms with E-state index in [1.165, 1.54) is 38.4 Å². The van der Waals surface area contributed by atoms with Crippen LogP contribution in [0.2, 0.25) is 0 Å². The molecule has 4 N–H and O–H groups in total. The first-order valence-corrected chi connectivity index (χ1v) is 10.8. The number of nitrogen functional groups attached to an aromatic ring is 1. The molecule has 8 nitrogen and oxygen atoms in total. The Balaban J connectivity index is 1.48. The van der Waals surface area contributed by atoms with Gasteiger partial charge in [0.2, 0.25) is 0 Å². The van der Waals surface area contributed by atoms with Crippen molar-refractivity contribution in [2.75, 3.05) is 17.8 Å². The highest BCUT2D eigenvalue weighted by molar-refractivity contribution is 8.04. The van der Waals surface area contributed by atoms with Gasteiger partial charge in [0.1, 0.15) is 17.3 Å². The molecule has 0 saturated heterocycles. The maximum absolute atomic E-state index is 12.1. The SMILES string of the molecule is Nc1ncnc2nc(SCP(=O)(O)OCCC3CCCCC3)[nH]c12. The standard InChI is InChI=1S/C14H22N5O3PS/c15-12-11-13(17-8-16-12)19-14(18-11)24-9-23(20,21)22-7-6-10-4-2-1-3-5-10/h8,10H,1-7,9H2,(H,20,21)(H3,15,16,17,18,19). The van der Waals surface area contributed by atoms with Crippen molar-refractivity contribution < 1.29 is 14.0 Å². The molecule has 1 atom stereocenters. The quantitative estimate of drug-likeness (QED) is 0.500. The van der Waals surface area contributed by atoms with Crippen LogP contribution in [0.1, 0.15) is 38.5 Å². The molecule has 132 valence electrons. The number of rotatable bonds is 7. The van der Waals surface area contributed by atoms with Gasteiger partial charge in [0.15, 0.2) is 16.6 Å². The van der Waals surface area contributed by atoms with Crippen LogP contribution in [0, 0.1) is 5.92 Å². The number of nitrogens with zero attached hydrogens (tertiary/aromatic N) is 3. The largest absolute Gasteiger partial charge is 0.382 e. The summed E-state index contributed by atoms with van der Waals surface area (Å²) < 4.78 is 17.4. The molecule has 1 aliphatic rings. The van der Waals surface area contributed by atoms with Gasteiger partial charge < -0.3 is 20.1 Å². The minimum Gasteiger partial charge on any atom is -0.382 e. The Bertz CT molecular complexity index is 734. The number of nitrogens with two attached hydrogens (primary N) is 1. The smallest absolute Gasteiger partial charge is 0.338 e.